The van der Waals surface area contributed by atoms with E-state index in [-0.39, 0.29) is 5.92 Å². The molecule has 0 aliphatic carbocycles. The Bertz CT molecular complexity index is 721. The molecule has 0 radical (unpaired) electrons. The molecule has 2 saturated heterocycles. The van der Waals surface area contributed by atoms with Crippen LogP contribution < -0.4 is 4.90 Å². The van der Waals surface area contributed by atoms with Gasteiger partial charge in [-0.25, -0.2) is 4.98 Å². The SMILES string of the molecule is CN1CCN(C(=O)C2CCCN(c3ccnc4ccnn34)C2)CC1. The van der Waals surface area contributed by atoms with Crippen molar-refractivity contribution in [3.05, 3.63) is 24.5 Å². The number of piperazine rings is 1. The predicted octanol–water partition coefficient (Wildman–Crippen LogP) is 0.720. The van der Waals surface area contributed by atoms with E-state index < -0.39 is 0 Å². The van der Waals surface area contributed by atoms with Gasteiger partial charge in [0, 0.05) is 51.5 Å². The predicted molar refractivity (Wildman–Crippen MR) is 92.0 cm³/mol. The minimum atomic E-state index is 0.0842. The largest absolute Gasteiger partial charge is 0.356 e. The van der Waals surface area contributed by atoms with E-state index in [0.717, 1.165) is 63.6 Å². The van der Waals surface area contributed by atoms with Gasteiger partial charge in [0.2, 0.25) is 5.91 Å². The summed E-state index contributed by atoms with van der Waals surface area (Å²) in [4.78, 5) is 23.8. The Balaban J connectivity index is 1.49. The summed E-state index contributed by atoms with van der Waals surface area (Å²) in [5, 5.41) is 4.37. The van der Waals surface area contributed by atoms with Crippen molar-refractivity contribution in [2.75, 3.05) is 51.2 Å². The number of aromatic nitrogens is 3. The van der Waals surface area contributed by atoms with E-state index in [2.05, 4.69) is 26.9 Å². The van der Waals surface area contributed by atoms with Crippen molar-refractivity contribution in [1.29, 1.82) is 0 Å². The first-order valence-electron chi connectivity index (χ1n) is 8.73. The Kier molecular flexibility index (Phi) is 4.10. The van der Waals surface area contributed by atoms with Crippen LogP contribution in [0, 0.1) is 5.92 Å². The number of hydrogen-bond acceptors (Lipinski definition) is 5. The van der Waals surface area contributed by atoms with Crippen LogP contribution in [0.1, 0.15) is 12.8 Å². The third-order valence-corrected chi connectivity index (χ3v) is 5.18. The third-order valence-electron chi connectivity index (χ3n) is 5.18. The van der Waals surface area contributed by atoms with Crippen molar-refractivity contribution in [2.24, 2.45) is 5.92 Å². The summed E-state index contributed by atoms with van der Waals surface area (Å²) in [6.07, 6.45) is 5.60. The summed E-state index contributed by atoms with van der Waals surface area (Å²) in [5.41, 5.74) is 0.847. The molecule has 0 saturated carbocycles. The zero-order valence-corrected chi connectivity index (χ0v) is 14.1. The van der Waals surface area contributed by atoms with E-state index >= 15 is 0 Å². The Morgan fingerprint density at radius 2 is 1.96 bits per heavy atom. The minimum absolute atomic E-state index is 0.0842. The fourth-order valence-electron chi connectivity index (χ4n) is 3.73. The van der Waals surface area contributed by atoms with Gasteiger partial charge in [-0.15, -0.1) is 0 Å². The maximum Gasteiger partial charge on any atom is 0.227 e. The zero-order chi connectivity index (χ0) is 16.5. The van der Waals surface area contributed by atoms with E-state index in [1.54, 1.807) is 6.20 Å². The highest BCUT2D eigenvalue weighted by Gasteiger charge is 2.31. The lowest BCUT2D eigenvalue weighted by Crippen LogP contribution is -2.51. The number of likely N-dealkylation sites (N-methyl/N-ethyl adjacent to an activating group) is 1. The van der Waals surface area contributed by atoms with Gasteiger partial charge in [-0.3, -0.25) is 4.79 Å². The molecule has 0 spiro atoms. The van der Waals surface area contributed by atoms with E-state index in [0.29, 0.717) is 5.91 Å². The molecule has 24 heavy (non-hydrogen) atoms. The first-order valence-corrected chi connectivity index (χ1v) is 8.73. The molecule has 0 aromatic carbocycles. The lowest BCUT2D eigenvalue weighted by molar-refractivity contribution is -0.137. The zero-order valence-electron chi connectivity index (χ0n) is 14.1. The summed E-state index contributed by atoms with van der Waals surface area (Å²) < 4.78 is 1.86. The highest BCUT2D eigenvalue weighted by atomic mass is 16.2. The fourth-order valence-corrected chi connectivity index (χ4v) is 3.73. The molecule has 2 aliphatic rings. The number of carbonyl (C=O) groups is 1. The van der Waals surface area contributed by atoms with Crippen LogP contribution in [0.15, 0.2) is 24.5 Å². The van der Waals surface area contributed by atoms with Crippen LogP contribution in [0.3, 0.4) is 0 Å². The number of nitrogens with zero attached hydrogens (tertiary/aromatic N) is 6. The van der Waals surface area contributed by atoms with Crippen molar-refractivity contribution < 1.29 is 4.79 Å². The fraction of sp³-hybridized carbons (Fsp3) is 0.588. The molecule has 0 N–H and O–H groups in total. The average Bonchev–Trinajstić information content (AvgIpc) is 3.10. The second-order valence-electron chi connectivity index (χ2n) is 6.82. The second kappa shape index (κ2) is 6.39. The lowest BCUT2D eigenvalue weighted by atomic mass is 9.96. The van der Waals surface area contributed by atoms with Crippen molar-refractivity contribution >= 4 is 17.4 Å². The highest BCUT2D eigenvalue weighted by molar-refractivity contribution is 5.80. The molecule has 128 valence electrons. The molecule has 2 fully saturated rings. The number of carbonyl (C=O) groups excluding carboxylic acids is 1. The summed E-state index contributed by atoms with van der Waals surface area (Å²) >= 11 is 0. The summed E-state index contributed by atoms with van der Waals surface area (Å²) in [5.74, 6) is 1.43. The Labute approximate surface area is 141 Å². The molecule has 4 heterocycles. The number of fused-ring (bicyclic) bond motifs is 1. The highest BCUT2D eigenvalue weighted by Crippen LogP contribution is 2.24. The van der Waals surface area contributed by atoms with Gasteiger partial charge in [0.05, 0.1) is 12.1 Å². The third kappa shape index (κ3) is 2.84. The molecule has 4 rings (SSSR count). The maximum absolute atomic E-state index is 12.9. The molecular formula is C17H24N6O. The molecule has 0 bridgehead atoms. The average molecular weight is 328 g/mol. The quantitative estimate of drug-likeness (QED) is 0.813. The van der Waals surface area contributed by atoms with E-state index in [4.69, 9.17) is 0 Å². The Hall–Kier alpha value is -2.15. The van der Waals surface area contributed by atoms with Crippen LogP contribution in [0.25, 0.3) is 5.65 Å². The van der Waals surface area contributed by atoms with Crippen molar-refractivity contribution in [3.8, 4) is 0 Å². The lowest BCUT2D eigenvalue weighted by Gasteiger charge is -2.38. The summed E-state index contributed by atoms with van der Waals surface area (Å²) in [6, 6.07) is 3.89. The van der Waals surface area contributed by atoms with Crippen LogP contribution in [0.4, 0.5) is 5.82 Å². The molecule has 7 heteroatoms. The first-order chi connectivity index (χ1) is 11.7. The van der Waals surface area contributed by atoms with Gasteiger partial charge in [-0.1, -0.05) is 0 Å². The van der Waals surface area contributed by atoms with Gasteiger partial charge in [0.15, 0.2) is 5.65 Å². The number of hydrogen-bond donors (Lipinski definition) is 0. The van der Waals surface area contributed by atoms with Gasteiger partial charge in [-0.05, 0) is 26.0 Å². The Morgan fingerprint density at radius 1 is 1.12 bits per heavy atom. The van der Waals surface area contributed by atoms with Gasteiger partial charge >= 0.3 is 0 Å². The Morgan fingerprint density at radius 3 is 2.79 bits per heavy atom. The summed E-state index contributed by atoms with van der Waals surface area (Å²) in [6.45, 7) is 5.38. The standard InChI is InChI=1S/C17H24N6O/c1-20-9-11-21(12-10-20)17(24)14-3-2-8-22(13-14)16-5-6-18-15-4-7-19-23(15)16/h4-7,14H,2-3,8-13H2,1H3. The topological polar surface area (TPSA) is 57.0 Å². The monoisotopic (exact) mass is 328 g/mol. The van der Waals surface area contributed by atoms with Gasteiger partial charge in [0.1, 0.15) is 5.82 Å². The smallest absolute Gasteiger partial charge is 0.227 e. The number of amides is 1. The van der Waals surface area contributed by atoms with Crippen LogP contribution >= 0.6 is 0 Å². The number of piperidine rings is 1. The molecule has 2 aromatic heterocycles. The van der Waals surface area contributed by atoms with Crippen LogP contribution in [0.2, 0.25) is 0 Å². The van der Waals surface area contributed by atoms with Crippen LogP contribution in [-0.2, 0) is 4.79 Å². The minimum Gasteiger partial charge on any atom is -0.356 e. The van der Waals surface area contributed by atoms with Crippen molar-refractivity contribution in [1.82, 2.24) is 24.4 Å². The van der Waals surface area contributed by atoms with Gasteiger partial charge in [-0.2, -0.15) is 9.61 Å². The maximum atomic E-state index is 12.9. The molecule has 1 unspecified atom stereocenters. The van der Waals surface area contributed by atoms with Gasteiger partial charge < -0.3 is 14.7 Å². The summed E-state index contributed by atoms with van der Waals surface area (Å²) in [7, 11) is 2.11. The van der Waals surface area contributed by atoms with Crippen molar-refractivity contribution in [2.45, 2.75) is 12.8 Å². The number of rotatable bonds is 2. The molecule has 1 amide bonds. The molecule has 2 aliphatic heterocycles. The normalized spacial score (nSPS) is 23.0. The molecule has 1 atom stereocenters. The van der Waals surface area contributed by atoms with E-state index in [1.807, 2.05) is 27.7 Å². The van der Waals surface area contributed by atoms with E-state index in [1.165, 1.54) is 0 Å². The number of anilines is 1. The van der Waals surface area contributed by atoms with Crippen LogP contribution in [-0.4, -0.2) is 76.6 Å². The van der Waals surface area contributed by atoms with Crippen molar-refractivity contribution in [3.63, 3.8) is 0 Å². The van der Waals surface area contributed by atoms with Crippen LogP contribution in [0.5, 0.6) is 0 Å². The van der Waals surface area contributed by atoms with E-state index in [9.17, 15) is 4.79 Å². The second-order valence-corrected chi connectivity index (χ2v) is 6.82. The molecular weight excluding hydrogens is 304 g/mol. The van der Waals surface area contributed by atoms with Gasteiger partial charge in [0.25, 0.3) is 0 Å². The molecule has 2 aromatic rings. The first kappa shape index (κ1) is 15.4. The molecule has 7 nitrogen and oxygen atoms in total.